The molecule has 4 nitrogen and oxygen atoms in total. The van der Waals surface area contributed by atoms with Crippen LogP contribution in [0.1, 0.15) is 16.8 Å². The summed E-state index contributed by atoms with van der Waals surface area (Å²) >= 11 is 6.06. The Bertz CT molecular complexity index is 1150. The summed E-state index contributed by atoms with van der Waals surface area (Å²) in [5, 5.41) is 4.74. The summed E-state index contributed by atoms with van der Waals surface area (Å²) < 4.78 is 29.0. The van der Waals surface area contributed by atoms with Gasteiger partial charge in [-0.1, -0.05) is 35.9 Å². The number of halogens is 1. The maximum Gasteiger partial charge on any atom is 0.183 e. The monoisotopic (exact) mass is 400 g/mol. The Balaban J connectivity index is 1.65. The number of fused-ring (bicyclic) bond motifs is 3. The maximum absolute atomic E-state index is 13.3. The second kappa shape index (κ2) is 6.36. The van der Waals surface area contributed by atoms with Crippen LogP contribution in [0.25, 0.3) is 10.9 Å². The van der Waals surface area contributed by atoms with E-state index in [4.69, 9.17) is 11.6 Å². The first-order chi connectivity index (χ1) is 13.1. The SMILES string of the molecule is O=S(=O)(c1cccc(Cl)c1)C1Cc2cccc3c4c(n(c23)C1)CCNCC4. The van der Waals surface area contributed by atoms with E-state index >= 15 is 0 Å². The molecule has 0 saturated heterocycles. The summed E-state index contributed by atoms with van der Waals surface area (Å²) in [5.74, 6) is 0. The lowest BCUT2D eigenvalue weighted by Crippen LogP contribution is -2.33. The zero-order chi connectivity index (χ0) is 18.6. The predicted octanol–water partition coefficient (Wildman–Crippen LogP) is 3.38. The molecule has 0 amide bonds. The normalized spacial score (nSPS) is 19.7. The van der Waals surface area contributed by atoms with Crippen molar-refractivity contribution in [2.24, 2.45) is 0 Å². The lowest BCUT2D eigenvalue weighted by molar-refractivity contribution is 0.543. The summed E-state index contributed by atoms with van der Waals surface area (Å²) in [6.45, 7) is 2.42. The summed E-state index contributed by atoms with van der Waals surface area (Å²) in [4.78, 5) is 0.315. The summed E-state index contributed by atoms with van der Waals surface area (Å²) in [6.07, 6.45) is 2.48. The largest absolute Gasteiger partial charge is 0.343 e. The Kier molecular flexibility index (Phi) is 4.08. The lowest BCUT2D eigenvalue weighted by Gasteiger charge is -2.26. The number of nitrogens with zero attached hydrogens (tertiary/aromatic N) is 1. The number of benzene rings is 2. The smallest absolute Gasteiger partial charge is 0.183 e. The van der Waals surface area contributed by atoms with Gasteiger partial charge in [-0.25, -0.2) is 8.42 Å². The zero-order valence-electron chi connectivity index (χ0n) is 14.9. The van der Waals surface area contributed by atoms with E-state index in [1.54, 1.807) is 24.3 Å². The number of hydrogen-bond acceptors (Lipinski definition) is 3. The molecule has 6 heteroatoms. The van der Waals surface area contributed by atoms with E-state index in [2.05, 4.69) is 28.1 Å². The second-order valence-corrected chi connectivity index (χ2v) is 10.1. The Morgan fingerprint density at radius 2 is 1.89 bits per heavy atom. The first-order valence-electron chi connectivity index (χ1n) is 9.38. The Morgan fingerprint density at radius 1 is 1.07 bits per heavy atom. The molecule has 0 aliphatic carbocycles. The van der Waals surface area contributed by atoms with Gasteiger partial charge in [-0.15, -0.1) is 0 Å². The maximum atomic E-state index is 13.3. The van der Waals surface area contributed by atoms with Gasteiger partial charge in [-0.05, 0) is 48.7 Å². The van der Waals surface area contributed by atoms with Crippen LogP contribution in [0.5, 0.6) is 0 Å². The highest BCUT2D eigenvalue weighted by molar-refractivity contribution is 7.92. The molecule has 2 aliphatic heterocycles. The van der Waals surface area contributed by atoms with Crippen molar-refractivity contribution < 1.29 is 8.42 Å². The number of aromatic nitrogens is 1. The standard InChI is InChI=1S/C21H21ClN2O2S/c22-15-4-2-5-16(12-15)27(25,26)17-11-14-3-1-6-19-18-7-9-23-10-8-20(18)24(13-17)21(14)19/h1-6,12,17,23H,7-11,13H2. The molecule has 1 N–H and O–H groups in total. The van der Waals surface area contributed by atoms with Crippen molar-refractivity contribution in [1.82, 2.24) is 9.88 Å². The van der Waals surface area contributed by atoms with Gasteiger partial charge in [0, 0.05) is 35.6 Å². The molecule has 1 unspecified atom stereocenters. The highest BCUT2D eigenvalue weighted by atomic mass is 35.5. The average Bonchev–Trinajstić information content (AvgIpc) is 2.83. The minimum atomic E-state index is -3.46. The molecule has 0 spiro atoms. The van der Waals surface area contributed by atoms with Crippen molar-refractivity contribution in [2.75, 3.05) is 13.1 Å². The molecule has 0 bridgehead atoms. The topological polar surface area (TPSA) is 51.1 Å². The number of nitrogens with one attached hydrogen (secondary N) is 1. The van der Waals surface area contributed by atoms with Crippen molar-refractivity contribution in [3.63, 3.8) is 0 Å². The van der Waals surface area contributed by atoms with Crippen LogP contribution >= 0.6 is 11.6 Å². The third-order valence-corrected chi connectivity index (χ3v) is 8.22. The van der Waals surface area contributed by atoms with E-state index in [-0.39, 0.29) is 0 Å². The number of sulfone groups is 1. The third-order valence-electron chi connectivity index (χ3n) is 5.88. The number of hydrogen-bond donors (Lipinski definition) is 1. The van der Waals surface area contributed by atoms with Crippen LogP contribution in [-0.4, -0.2) is 31.3 Å². The van der Waals surface area contributed by atoms with Gasteiger partial charge in [-0.2, -0.15) is 0 Å². The zero-order valence-corrected chi connectivity index (χ0v) is 16.5. The highest BCUT2D eigenvalue weighted by Crippen LogP contribution is 2.36. The van der Waals surface area contributed by atoms with Gasteiger partial charge < -0.3 is 9.88 Å². The summed E-state index contributed by atoms with van der Waals surface area (Å²) in [5.41, 5.74) is 5.06. The van der Waals surface area contributed by atoms with E-state index in [0.717, 1.165) is 31.5 Å². The molecule has 0 radical (unpaired) electrons. The fraction of sp³-hybridized carbons (Fsp3) is 0.333. The first-order valence-corrected chi connectivity index (χ1v) is 11.3. The molecule has 3 aromatic rings. The third kappa shape index (κ3) is 2.72. The molecule has 0 saturated carbocycles. The van der Waals surface area contributed by atoms with E-state index in [1.807, 2.05) is 0 Å². The Labute approximate surface area is 164 Å². The molecule has 5 rings (SSSR count). The molecule has 1 atom stereocenters. The molecule has 3 heterocycles. The molecule has 140 valence electrons. The molecule has 2 aromatic carbocycles. The van der Waals surface area contributed by atoms with Gasteiger partial charge in [0.05, 0.1) is 15.7 Å². The van der Waals surface area contributed by atoms with Crippen molar-refractivity contribution in [3.8, 4) is 0 Å². The van der Waals surface area contributed by atoms with Gasteiger partial charge in [0.15, 0.2) is 9.84 Å². The van der Waals surface area contributed by atoms with E-state index in [0.29, 0.717) is 22.9 Å². The van der Waals surface area contributed by atoms with Gasteiger partial charge >= 0.3 is 0 Å². The van der Waals surface area contributed by atoms with Crippen molar-refractivity contribution in [2.45, 2.75) is 36.0 Å². The quantitative estimate of drug-likeness (QED) is 0.717. The van der Waals surface area contributed by atoms with Crippen LogP contribution in [0.2, 0.25) is 5.02 Å². The van der Waals surface area contributed by atoms with Crippen molar-refractivity contribution in [1.29, 1.82) is 0 Å². The first kappa shape index (κ1) is 17.3. The molecular formula is C21H21ClN2O2S. The van der Waals surface area contributed by atoms with Crippen LogP contribution in [0, 0.1) is 0 Å². The Hall–Kier alpha value is -1.82. The molecular weight excluding hydrogens is 380 g/mol. The lowest BCUT2D eigenvalue weighted by atomic mass is 10.0. The van der Waals surface area contributed by atoms with E-state index in [9.17, 15) is 8.42 Å². The van der Waals surface area contributed by atoms with Crippen LogP contribution in [0.3, 0.4) is 0 Å². The minimum Gasteiger partial charge on any atom is -0.343 e. The predicted molar refractivity (Wildman–Crippen MR) is 108 cm³/mol. The molecule has 0 fully saturated rings. The van der Waals surface area contributed by atoms with E-state index in [1.165, 1.54) is 22.2 Å². The fourth-order valence-corrected chi connectivity index (χ4v) is 6.58. The van der Waals surface area contributed by atoms with E-state index < -0.39 is 15.1 Å². The van der Waals surface area contributed by atoms with Crippen LogP contribution in [0.15, 0.2) is 47.4 Å². The number of para-hydroxylation sites is 1. The number of rotatable bonds is 2. The van der Waals surface area contributed by atoms with Crippen molar-refractivity contribution >= 4 is 32.3 Å². The molecule has 1 aromatic heterocycles. The van der Waals surface area contributed by atoms with Crippen LogP contribution in [-0.2, 0) is 35.6 Å². The second-order valence-electron chi connectivity index (χ2n) is 7.43. The Morgan fingerprint density at radius 3 is 2.74 bits per heavy atom. The molecule has 27 heavy (non-hydrogen) atoms. The van der Waals surface area contributed by atoms with Crippen LogP contribution < -0.4 is 5.32 Å². The summed E-state index contributed by atoms with van der Waals surface area (Å²) in [6, 6.07) is 13.0. The highest BCUT2D eigenvalue weighted by Gasteiger charge is 2.34. The fourth-order valence-electron chi connectivity index (χ4n) is 4.64. The summed E-state index contributed by atoms with van der Waals surface area (Å²) in [7, 11) is -3.46. The van der Waals surface area contributed by atoms with Gasteiger partial charge in [0.1, 0.15) is 0 Å². The minimum absolute atomic E-state index is 0.315. The van der Waals surface area contributed by atoms with Gasteiger partial charge in [-0.3, -0.25) is 0 Å². The van der Waals surface area contributed by atoms with Crippen LogP contribution in [0.4, 0.5) is 0 Å². The average molecular weight is 401 g/mol. The molecule has 2 aliphatic rings. The van der Waals surface area contributed by atoms with Gasteiger partial charge in [0.25, 0.3) is 0 Å². The van der Waals surface area contributed by atoms with Crippen molar-refractivity contribution in [3.05, 3.63) is 64.3 Å². The van der Waals surface area contributed by atoms with Gasteiger partial charge in [0.2, 0.25) is 0 Å².